The molecule has 0 atom stereocenters. The highest BCUT2D eigenvalue weighted by molar-refractivity contribution is 6.25. The van der Waals surface area contributed by atoms with E-state index in [1.165, 1.54) is 60.1 Å². The van der Waals surface area contributed by atoms with Crippen molar-refractivity contribution >= 4 is 49.0 Å². The van der Waals surface area contributed by atoms with Gasteiger partial charge in [-0.1, -0.05) is 36.4 Å². The molecule has 6 rings (SSSR count). The molecular weight excluding hydrogens is 378 g/mol. The topological polar surface area (TPSA) is 12.7 Å². The van der Waals surface area contributed by atoms with E-state index in [4.69, 9.17) is 6.57 Å². The number of rotatable bonds is 2. The molecule has 0 fully saturated rings. The van der Waals surface area contributed by atoms with Gasteiger partial charge in [-0.2, -0.15) is 0 Å². The molecule has 3 nitrogen and oxygen atoms in total. The quantitative estimate of drug-likeness (QED) is 0.138. The van der Waals surface area contributed by atoms with Gasteiger partial charge in [0.1, 0.15) is 7.05 Å². The second-order valence-electron chi connectivity index (χ2n) is 9.46. The standard InChI is InChI=1S/C28H24N3/c1-17-10-11-21-20-8-6-7-9-22(20)31-23-15-18(16-28(2,3)29-4)14-19-12-13-30(5)27(25(19)23)24(17)26(21)31/h6-15H,16H2,1-3,5H3/q+1. The van der Waals surface area contributed by atoms with Crippen molar-refractivity contribution in [2.24, 2.45) is 7.05 Å². The van der Waals surface area contributed by atoms with Gasteiger partial charge in [-0.3, -0.25) is 0 Å². The Labute approximate surface area is 181 Å². The number of para-hydroxylation sites is 1. The van der Waals surface area contributed by atoms with Crippen LogP contribution in [0.4, 0.5) is 0 Å². The summed E-state index contributed by atoms with van der Waals surface area (Å²) in [5, 5.41) is 6.43. The van der Waals surface area contributed by atoms with Crippen molar-refractivity contribution in [1.29, 1.82) is 0 Å². The predicted octanol–water partition coefficient (Wildman–Crippen LogP) is 6.36. The zero-order chi connectivity index (χ0) is 21.5. The van der Waals surface area contributed by atoms with Gasteiger partial charge in [0.25, 0.3) is 0 Å². The van der Waals surface area contributed by atoms with Gasteiger partial charge in [0, 0.05) is 30.7 Å². The van der Waals surface area contributed by atoms with Crippen LogP contribution < -0.4 is 4.57 Å². The lowest BCUT2D eigenvalue weighted by Gasteiger charge is -2.16. The molecular formula is C28H24N3+. The maximum Gasteiger partial charge on any atom is 0.231 e. The lowest BCUT2D eigenvalue weighted by atomic mass is 9.92. The minimum absolute atomic E-state index is 0.417. The van der Waals surface area contributed by atoms with E-state index in [0.717, 1.165) is 6.42 Å². The number of hydrogen-bond acceptors (Lipinski definition) is 0. The van der Waals surface area contributed by atoms with E-state index in [-0.39, 0.29) is 0 Å². The molecule has 3 heterocycles. The van der Waals surface area contributed by atoms with Crippen LogP contribution >= 0.6 is 0 Å². The molecule has 6 aromatic rings. The third-order valence-corrected chi connectivity index (χ3v) is 6.74. The molecule has 0 unspecified atom stereocenters. The first-order valence-electron chi connectivity index (χ1n) is 10.8. The van der Waals surface area contributed by atoms with Crippen LogP contribution in [0, 0.1) is 13.5 Å². The zero-order valence-electron chi connectivity index (χ0n) is 18.3. The van der Waals surface area contributed by atoms with Crippen LogP contribution in [0.3, 0.4) is 0 Å². The monoisotopic (exact) mass is 402 g/mol. The highest BCUT2D eigenvalue weighted by Gasteiger charge is 2.27. The number of aromatic nitrogens is 2. The molecule has 150 valence electrons. The van der Waals surface area contributed by atoms with Crippen molar-refractivity contribution in [1.82, 2.24) is 4.40 Å². The molecule has 0 saturated heterocycles. The number of pyridine rings is 2. The summed E-state index contributed by atoms with van der Waals surface area (Å²) < 4.78 is 4.72. The number of fused-ring (bicyclic) bond motifs is 5. The van der Waals surface area contributed by atoms with Crippen molar-refractivity contribution in [2.75, 3.05) is 0 Å². The Kier molecular flexibility index (Phi) is 3.49. The van der Waals surface area contributed by atoms with E-state index in [9.17, 15) is 0 Å². The molecule has 3 aromatic heterocycles. The molecule has 0 aliphatic rings. The maximum atomic E-state index is 7.60. The highest BCUT2D eigenvalue weighted by Crippen LogP contribution is 2.41. The van der Waals surface area contributed by atoms with E-state index in [1.54, 1.807) is 0 Å². The molecule has 3 heteroatoms. The first-order chi connectivity index (χ1) is 14.9. The average Bonchev–Trinajstić information content (AvgIpc) is 3.09. The van der Waals surface area contributed by atoms with Crippen molar-refractivity contribution in [2.45, 2.75) is 32.7 Å². The Bertz CT molecular complexity index is 1710. The normalized spacial score (nSPS) is 12.6. The van der Waals surface area contributed by atoms with Crippen LogP contribution in [0.2, 0.25) is 0 Å². The van der Waals surface area contributed by atoms with E-state index >= 15 is 0 Å². The summed E-state index contributed by atoms with van der Waals surface area (Å²) in [5.41, 5.74) is 7.13. The van der Waals surface area contributed by atoms with Crippen molar-refractivity contribution < 1.29 is 4.57 Å². The van der Waals surface area contributed by atoms with Gasteiger partial charge in [0.05, 0.1) is 33.7 Å². The fourth-order valence-electron chi connectivity index (χ4n) is 5.37. The largest absolute Gasteiger partial charge is 0.311 e. The van der Waals surface area contributed by atoms with Crippen LogP contribution in [0.15, 0.2) is 60.8 Å². The third kappa shape index (κ3) is 2.36. The van der Waals surface area contributed by atoms with Crippen molar-refractivity contribution in [3.63, 3.8) is 0 Å². The van der Waals surface area contributed by atoms with E-state index in [0.29, 0.717) is 0 Å². The number of hydrogen-bond donors (Lipinski definition) is 0. The molecule has 0 amide bonds. The third-order valence-electron chi connectivity index (χ3n) is 6.74. The highest BCUT2D eigenvalue weighted by atomic mass is 15.0. The van der Waals surface area contributed by atoms with Crippen LogP contribution in [0.1, 0.15) is 25.0 Å². The molecule has 0 aliphatic heterocycles. The van der Waals surface area contributed by atoms with E-state index in [1.807, 2.05) is 13.8 Å². The summed E-state index contributed by atoms with van der Waals surface area (Å²) in [6.45, 7) is 13.9. The van der Waals surface area contributed by atoms with Crippen molar-refractivity contribution in [3.8, 4) is 0 Å². The summed E-state index contributed by atoms with van der Waals surface area (Å²) in [4.78, 5) is 3.86. The van der Waals surface area contributed by atoms with Crippen LogP contribution in [-0.4, -0.2) is 9.94 Å². The van der Waals surface area contributed by atoms with Gasteiger partial charge in [0.2, 0.25) is 11.1 Å². The summed E-state index contributed by atoms with van der Waals surface area (Å²) in [6.07, 6.45) is 2.90. The van der Waals surface area contributed by atoms with Gasteiger partial charge in [0.15, 0.2) is 6.20 Å². The van der Waals surface area contributed by atoms with Crippen LogP contribution in [0.25, 0.3) is 53.8 Å². The Morgan fingerprint density at radius 1 is 0.968 bits per heavy atom. The van der Waals surface area contributed by atoms with Gasteiger partial charge in [-0.25, -0.2) is 11.1 Å². The first kappa shape index (κ1) is 18.2. The minimum atomic E-state index is -0.417. The minimum Gasteiger partial charge on any atom is -0.311 e. The maximum absolute atomic E-state index is 7.60. The number of nitrogens with zero attached hydrogens (tertiary/aromatic N) is 3. The molecule has 0 spiro atoms. The molecule has 0 bridgehead atoms. The lowest BCUT2D eigenvalue weighted by Crippen LogP contribution is -2.29. The molecule has 0 N–H and O–H groups in total. The van der Waals surface area contributed by atoms with Gasteiger partial charge in [-0.05, 0) is 35.6 Å². The zero-order valence-corrected chi connectivity index (χ0v) is 18.3. The van der Waals surface area contributed by atoms with Crippen molar-refractivity contribution in [3.05, 3.63) is 83.3 Å². The number of aryl methyl sites for hydroxylation is 2. The van der Waals surface area contributed by atoms with Gasteiger partial charge < -0.3 is 9.25 Å². The first-order valence-corrected chi connectivity index (χ1v) is 10.8. The van der Waals surface area contributed by atoms with Crippen LogP contribution in [-0.2, 0) is 13.5 Å². The summed E-state index contributed by atoms with van der Waals surface area (Å²) in [7, 11) is 2.14. The molecule has 0 saturated carbocycles. The molecule has 0 radical (unpaired) electrons. The second kappa shape index (κ2) is 5.95. The Morgan fingerprint density at radius 2 is 1.77 bits per heavy atom. The summed E-state index contributed by atoms with van der Waals surface area (Å²) >= 11 is 0. The van der Waals surface area contributed by atoms with E-state index < -0.39 is 5.54 Å². The molecule has 3 aromatic carbocycles. The predicted molar refractivity (Wildman–Crippen MR) is 129 cm³/mol. The Balaban J connectivity index is 1.94. The molecule has 0 aliphatic carbocycles. The van der Waals surface area contributed by atoms with Gasteiger partial charge >= 0.3 is 0 Å². The van der Waals surface area contributed by atoms with E-state index in [2.05, 4.69) is 88.6 Å². The average molecular weight is 403 g/mol. The SMILES string of the molecule is [C-]#[N+]C(C)(C)Cc1cc2cc[n+](C)c3c4c(C)ccc5c6ccccc6n(c(c1)c23)c54. The second-order valence-corrected chi connectivity index (χ2v) is 9.46. The fraction of sp³-hybridized carbons (Fsp3) is 0.214. The smallest absolute Gasteiger partial charge is 0.231 e. The van der Waals surface area contributed by atoms with Gasteiger partial charge in [-0.15, -0.1) is 0 Å². The Morgan fingerprint density at radius 3 is 2.58 bits per heavy atom. The molecule has 31 heavy (non-hydrogen) atoms. The summed E-state index contributed by atoms with van der Waals surface area (Å²) in [6, 6.07) is 20.0. The lowest BCUT2D eigenvalue weighted by molar-refractivity contribution is -0.643. The number of benzene rings is 3. The van der Waals surface area contributed by atoms with Crippen LogP contribution in [0.5, 0.6) is 0 Å². The Hall–Kier alpha value is -3.64. The fourth-order valence-corrected chi connectivity index (χ4v) is 5.37. The summed E-state index contributed by atoms with van der Waals surface area (Å²) in [5.74, 6) is 0.